The SMILES string of the molecule is CC(C)(C)OC(=O)CC1(C(=O)O)CC1.CN(C(=O)OC(C)(C)C)C1(CO)CC1.CN(C(=O)OC(C)(C)C)C1(COC(F)F)CC1.CNC1(COC(F)F)CC1.COC(=O)C1(N(C)C(=O)OC(C)(C)C)CC1. The van der Waals surface area contributed by atoms with Gasteiger partial charge in [0.1, 0.15) is 27.9 Å². The highest BCUT2D eigenvalue weighted by Crippen LogP contribution is 2.49. The van der Waals surface area contributed by atoms with Gasteiger partial charge in [0.05, 0.1) is 49.8 Å². The first-order valence-electron chi connectivity index (χ1n) is 23.7. The first kappa shape index (κ1) is 64.8. The first-order chi connectivity index (χ1) is 32.1. The van der Waals surface area contributed by atoms with E-state index < -0.39 is 76.2 Å². The van der Waals surface area contributed by atoms with Crippen LogP contribution in [0.3, 0.4) is 0 Å². The predicted octanol–water partition coefficient (Wildman–Crippen LogP) is 8.12. The maximum absolute atomic E-state index is 12.0. The molecule has 5 aliphatic rings. The summed E-state index contributed by atoms with van der Waals surface area (Å²) in [6.45, 7) is 16.0. The monoisotopic (exact) mass is 1030 g/mol. The molecule has 0 aromatic carbocycles. The van der Waals surface area contributed by atoms with Crippen LogP contribution in [0.2, 0.25) is 0 Å². The van der Waals surface area contributed by atoms with Crippen molar-refractivity contribution in [2.45, 2.75) is 211 Å². The van der Waals surface area contributed by atoms with Gasteiger partial charge in [-0.3, -0.25) is 14.5 Å². The van der Waals surface area contributed by atoms with Crippen molar-refractivity contribution in [2.24, 2.45) is 5.41 Å². The Hall–Kier alpha value is -4.22. The maximum atomic E-state index is 12.0. The molecule has 0 bridgehead atoms. The lowest BCUT2D eigenvalue weighted by Crippen LogP contribution is -2.47. The number of methoxy groups -OCH3 is 1. The van der Waals surface area contributed by atoms with E-state index in [0.717, 1.165) is 25.7 Å². The first-order valence-corrected chi connectivity index (χ1v) is 23.7. The fraction of sp³-hybridized carbons (Fsp3) is 0.875. The van der Waals surface area contributed by atoms with E-state index in [-0.39, 0.29) is 49.4 Å². The van der Waals surface area contributed by atoms with Gasteiger partial charge in [-0.25, -0.2) is 19.2 Å². The Morgan fingerprint density at radius 1 is 0.563 bits per heavy atom. The number of carboxylic acid groups (broad SMARTS) is 1. The average molecular weight is 1030 g/mol. The molecule has 5 fully saturated rings. The number of amides is 3. The second-order valence-electron chi connectivity index (χ2n) is 22.8. The smallest absolute Gasteiger partial charge is 0.410 e. The molecular weight excluding hydrogens is 949 g/mol. The number of nitrogens with zero attached hydrogens (tertiary/aromatic N) is 3. The molecule has 71 heavy (non-hydrogen) atoms. The third kappa shape index (κ3) is 23.0. The molecule has 0 atom stereocenters. The van der Waals surface area contributed by atoms with Crippen molar-refractivity contribution in [1.29, 1.82) is 0 Å². The summed E-state index contributed by atoms with van der Waals surface area (Å²) in [6.07, 6.45) is 6.01. The number of hydrogen-bond donors (Lipinski definition) is 3. The summed E-state index contributed by atoms with van der Waals surface area (Å²) in [6, 6.07) is 0. The number of aliphatic hydroxyl groups is 1. The molecule has 0 aromatic rings. The lowest BCUT2D eigenvalue weighted by atomic mass is 10.0. The number of carboxylic acids is 1. The quantitative estimate of drug-likeness (QED) is 0.0799. The molecule has 0 heterocycles. The van der Waals surface area contributed by atoms with Crippen molar-refractivity contribution in [1.82, 2.24) is 20.0 Å². The Labute approximate surface area is 417 Å². The van der Waals surface area contributed by atoms with Crippen LogP contribution in [0.5, 0.6) is 0 Å². The van der Waals surface area contributed by atoms with Gasteiger partial charge in [-0.15, -0.1) is 0 Å². The minimum Gasteiger partial charge on any atom is -0.481 e. The number of rotatable bonds is 15. The summed E-state index contributed by atoms with van der Waals surface area (Å²) < 4.78 is 80.7. The standard InChI is InChI=1S/C11H19F2NO3.C11H19NO4.C10H19NO3.C10H16O4.C6H11F2NO/c1-10(2,3)17-9(15)14(4)11(5-6-11)7-16-8(12)13;1-10(2,3)16-9(14)12(4)11(6-7-11)8(13)15-5;1-9(2,3)14-8(13)11(4)10(7-12)5-6-10;1-9(2,3)14-7(11)6-10(4-5-10)8(12)13;1-9-6(2-3-6)4-10-5(7)8/h8H,5-7H2,1-4H3;6-7H2,1-5H3;12H,5-7H2,1-4H3;4-6H2,1-3H3,(H,12,13);5,9H,2-4H2,1H3. The van der Waals surface area contributed by atoms with Crippen molar-refractivity contribution in [2.75, 3.05) is 55.1 Å². The molecule has 3 N–H and O–H groups in total. The minimum absolute atomic E-state index is 0.000394. The zero-order valence-electron chi connectivity index (χ0n) is 45.1. The topological polar surface area (TPSA) is 229 Å². The number of aliphatic hydroxyl groups excluding tert-OH is 1. The second kappa shape index (κ2) is 25.1. The fourth-order valence-corrected chi connectivity index (χ4v) is 6.33. The molecule has 5 aliphatic carbocycles. The van der Waals surface area contributed by atoms with E-state index in [9.17, 15) is 46.3 Å². The summed E-state index contributed by atoms with van der Waals surface area (Å²) in [5, 5.41) is 20.9. The van der Waals surface area contributed by atoms with Crippen LogP contribution < -0.4 is 5.32 Å². The summed E-state index contributed by atoms with van der Waals surface area (Å²) in [4.78, 5) is 73.0. The molecule has 0 saturated heterocycles. The lowest BCUT2D eigenvalue weighted by molar-refractivity contribution is -0.160. The van der Waals surface area contributed by atoms with E-state index in [4.69, 9.17) is 33.9 Å². The normalized spacial score (nSPS) is 18.8. The van der Waals surface area contributed by atoms with E-state index in [1.807, 2.05) is 20.8 Å². The molecule has 0 radical (unpaired) electrons. The van der Waals surface area contributed by atoms with Crippen LogP contribution in [-0.2, 0) is 47.5 Å². The molecule has 5 saturated carbocycles. The van der Waals surface area contributed by atoms with Gasteiger partial charge in [0.25, 0.3) is 0 Å². The number of likely N-dealkylation sites (N-methyl/N-ethyl adjacent to an activating group) is 4. The zero-order chi connectivity index (χ0) is 55.4. The molecule has 23 heteroatoms. The number of nitrogens with one attached hydrogen (secondary N) is 1. The zero-order valence-corrected chi connectivity index (χ0v) is 45.1. The predicted molar refractivity (Wildman–Crippen MR) is 252 cm³/mol. The highest BCUT2D eigenvalue weighted by atomic mass is 19.3. The number of carbonyl (C=O) groups is 6. The van der Waals surface area contributed by atoms with Crippen LogP contribution in [0.25, 0.3) is 0 Å². The number of aliphatic carboxylic acids is 1. The molecule has 19 nitrogen and oxygen atoms in total. The van der Waals surface area contributed by atoms with E-state index in [1.165, 1.54) is 21.8 Å². The highest BCUT2D eigenvalue weighted by Gasteiger charge is 2.57. The highest BCUT2D eigenvalue weighted by molar-refractivity contribution is 5.88. The summed E-state index contributed by atoms with van der Waals surface area (Å²) >= 11 is 0. The molecule has 3 amide bonds. The third-order valence-electron chi connectivity index (χ3n) is 11.9. The van der Waals surface area contributed by atoms with Crippen LogP contribution >= 0.6 is 0 Å². The Morgan fingerprint density at radius 3 is 1.20 bits per heavy atom. The largest absolute Gasteiger partial charge is 0.481 e. The number of esters is 2. The number of alkyl halides is 4. The van der Waals surface area contributed by atoms with Crippen molar-refractivity contribution in [3.63, 3.8) is 0 Å². The van der Waals surface area contributed by atoms with E-state index >= 15 is 0 Å². The Kier molecular flexibility index (Phi) is 22.9. The molecule has 414 valence electrons. The van der Waals surface area contributed by atoms with E-state index in [0.29, 0.717) is 38.5 Å². The Morgan fingerprint density at radius 2 is 0.930 bits per heavy atom. The lowest BCUT2D eigenvalue weighted by Gasteiger charge is -2.30. The molecule has 0 aromatic heterocycles. The molecule has 0 unspecified atom stereocenters. The summed E-state index contributed by atoms with van der Waals surface area (Å²) in [5.41, 5.74) is -4.86. The third-order valence-corrected chi connectivity index (χ3v) is 11.9. The van der Waals surface area contributed by atoms with Gasteiger partial charge in [0.15, 0.2) is 0 Å². The molecule has 0 aliphatic heterocycles. The number of hydrogen-bond acceptors (Lipinski definition) is 15. The molecule has 5 rings (SSSR count). The van der Waals surface area contributed by atoms with Crippen LogP contribution in [-0.4, -0.2) is 174 Å². The van der Waals surface area contributed by atoms with Crippen LogP contribution in [0, 0.1) is 5.41 Å². The number of carbonyl (C=O) groups excluding carboxylic acids is 5. The van der Waals surface area contributed by atoms with Gasteiger partial charge in [-0.05, 0) is 154 Å². The van der Waals surface area contributed by atoms with Gasteiger partial charge < -0.3 is 58.5 Å². The van der Waals surface area contributed by atoms with Crippen molar-refractivity contribution >= 4 is 36.2 Å². The fourth-order valence-electron chi connectivity index (χ4n) is 6.33. The van der Waals surface area contributed by atoms with Crippen molar-refractivity contribution in [3.05, 3.63) is 0 Å². The van der Waals surface area contributed by atoms with Crippen LogP contribution in [0.15, 0.2) is 0 Å². The minimum atomic E-state index is -2.81. The van der Waals surface area contributed by atoms with Crippen LogP contribution in [0.4, 0.5) is 31.9 Å². The van der Waals surface area contributed by atoms with Crippen molar-refractivity contribution in [3.8, 4) is 0 Å². The average Bonchev–Trinajstić information content (AvgIpc) is 4.02. The summed E-state index contributed by atoms with van der Waals surface area (Å²) in [7, 11) is 7.89. The van der Waals surface area contributed by atoms with E-state index in [2.05, 4.69) is 14.8 Å². The second-order valence-corrected chi connectivity index (χ2v) is 22.8. The van der Waals surface area contributed by atoms with Crippen LogP contribution in [0.1, 0.15) is 154 Å². The van der Waals surface area contributed by atoms with Crippen molar-refractivity contribution < 1.29 is 89.7 Å². The van der Waals surface area contributed by atoms with Gasteiger partial charge in [0.2, 0.25) is 0 Å². The molecule has 0 spiro atoms. The Balaban J connectivity index is 0.000000448. The van der Waals surface area contributed by atoms with E-state index in [1.54, 1.807) is 90.5 Å². The van der Waals surface area contributed by atoms with Gasteiger partial charge >= 0.3 is 49.4 Å². The number of halogens is 4. The maximum Gasteiger partial charge on any atom is 0.410 e. The van der Waals surface area contributed by atoms with Gasteiger partial charge in [-0.2, -0.15) is 17.6 Å². The van der Waals surface area contributed by atoms with Gasteiger partial charge in [0, 0.05) is 26.7 Å². The molecular formula is C48H84F4N4O15. The Bertz CT molecular complexity index is 1770. The number of ether oxygens (including phenoxy) is 7. The van der Waals surface area contributed by atoms with Gasteiger partial charge in [-0.1, -0.05) is 0 Å². The summed E-state index contributed by atoms with van der Waals surface area (Å²) in [5.74, 6) is -1.68.